The van der Waals surface area contributed by atoms with Crippen LogP contribution < -0.4 is 5.32 Å². The van der Waals surface area contributed by atoms with Crippen LogP contribution in [0, 0.1) is 5.53 Å². The van der Waals surface area contributed by atoms with Crippen molar-refractivity contribution in [2.24, 2.45) is 5.11 Å². The van der Waals surface area contributed by atoms with Crippen molar-refractivity contribution in [1.82, 2.24) is 15.5 Å². The summed E-state index contributed by atoms with van der Waals surface area (Å²) in [5, 5.41) is 13.9. The van der Waals surface area contributed by atoms with E-state index < -0.39 is 0 Å². The fourth-order valence-electron chi connectivity index (χ4n) is 1.72. The van der Waals surface area contributed by atoms with Crippen LogP contribution in [0.1, 0.15) is 17.0 Å². The van der Waals surface area contributed by atoms with Gasteiger partial charge in [-0.25, -0.2) is 5.53 Å². The summed E-state index contributed by atoms with van der Waals surface area (Å²) in [6.45, 7) is 5.35. The number of rotatable bonds is 3. The molecule has 0 saturated heterocycles. The number of nitrogens with zero attached hydrogens (tertiary/aromatic N) is 2. The Balaban J connectivity index is 2.43. The van der Waals surface area contributed by atoms with Gasteiger partial charge < -0.3 is 5.32 Å². The summed E-state index contributed by atoms with van der Waals surface area (Å²) in [6, 6.07) is 0. The Kier molecular flexibility index (Phi) is 2.73. The van der Waals surface area contributed by atoms with Crippen LogP contribution in [-0.2, 0) is 13.0 Å². The minimum atomic E-state index is 0.547. The molecule has 0 atom stereocenters. The van der Waals surface area contributed by atoms with Gasteiger partial charge in [0.15, 0.2) is 0 Å². The lowest BCUT2D eigenvalue weighted by atomic mass is 10.1. The summed E-state index contributed by atoms with van der Waals surface area (Å²) in [5.41, 5.74) is 10.7. The molecule has 1 aromatic heterocycles. The second kappa shape index (κ2) is 4.18. The SMILES string of the molecule is C=C/C=C(\N=N)c1n[nH]c2c1CNCC2. The van der Waals surface area contributed by atoms with E-state index in [1.807, 2.05) is 0 Å². The summed E-state index contributed by atoms with van der Waals surface area (Å²) in [7, 11) is 0. The van der Waals surface area contributed by atoms with Gasteiger partial charge in [0, 0.05) is 30.8 Å². The third-order valence-corrected chi connectivity index (χ3v) is 2.45. The molecule has 15 heavy (non-hydrogen) atoms. The second-order valence-electron chi connectivity index (χ2n) is 3.36. The van der Waals surface area contributed by atoms with E-state index in [4.69, 9.17) is 5.53 Å². The molecule has 78 valence electrons. The van der Waals surface area contributed by atoms with Crippen LogP contribution in [0.15, 0.2) is 23.8 Å². The van der Waals surface area contributed by atoms with Crippen LogP contribution in [0.3, 0.4) is 0 Å². The molecule has 2 heterocycles. The van der Waals surface area contributed by atoms with Crippen molar-refractivity contribution >= 4 is 5.70 Å². The van der Waals surface area contributed by atoms with Crippen molar-refractivity contribution in [2.75, 3.05) is 6.54 Å². The Hall–Kier alpha value is -1.75. The number of fused-ring (bicyclic) bond motifs is 1. The molecule has 0 fully saturated rings. The van der Waals surface area contributed by atoms with E-state index in [0.29, 0.717) is 5.70 Å². The van der Waals surface area contributed by atoms with Crippen LogP contribution in [0.2, 0.25) is 0 Å². The molecule has 0 saturated carbocycles. The largest absolute Gasteiger partial charge is 0.312 e. The third kappa shape index (κ3) is 1.73. The van der Waals surface area contributed by atoms with Crippen LogP contribution in [-0.4, -0.2) is 16.7 Å². The van der Waals surface area contributed by atoms with Crippen LogP contribution in [0.4, 0.5) is 0 Å². The lowest BCUT2D eigenvalue weighted by Crippen LogP contribution is -2.23. The summed E-state index contributed by atoms with van der Waals surface area (Å²) in [5.74, 6) is 0. The van der Waals surface area contributed by atoms with Gasteiger partial charge in [0.05, 0.1) is 0 Å². The number of H-pyrrole nitrogens is 1. The standard InChI is InChI=1S/C10H13N5/c1-2-3-9(13-11)10-7-6-12-5-4-8(7)14-15-10/h2-3,11-12H,1,4-6H2,(H,14,15)/b9-3-,13-11?. The summed E-state index contributed by atoms with van der Waals surface area (Å²) >= 11 is 0. The van der Waals surface area contributed by atoms with Crippen molar-refractivity contribution in [3.8, 4) is 0 Å². The Morgan fingerprint density at radius 1 is 1.60 bits per heavy atom. The van der Waals surface area contributed by atoms with E-state index in [2.05, 4.69) is 27.2 Å². The Morgan fingerprint density at radius 3 is 3.20 bits per heavy atom. The number of hydrogen-bond acceptors (Lipinski definition) is 4. The third-order valence-electron chi connectivity index (χ3n) is 2.45. The van der Waals surface area contributed by atoms with Gasteiger partial charge >= 0.3 is 0 Å². The predicted octanol–water partition coefficient (Wildman–Crippen LogP) is 1.61. The minimum Gasteiger partial charge on any atom is -0.312 e. The molecule has 0 aromatic carbocycles. The highest BCUT2D eigenvalue weighted by Crippen LogP contribution is 2.22. The summed E-state index contributed by atoms with van der Waals surface area (Å²) in [4.78, 5) is 0. The van der Waals surface area contributed by atoms with Crippen LogP contribution in [0.5, 0.6) is 0 Å². The first-order valence-electron chi connectivity index (χ1n) is 4.84. The molecule has 0 bridgehead atoms. The quantitative estimate of drug-likeness (QED) is 0.515. The van der Waals surface area contributed by atoms with Gasteiger partial charge in [0.2, 0.25) is 0 Å². The van der Waals surface area contributed by atoms with Crippen LogP contribution >= 0.6 is 0 Å². The van der Waals surface area contributed by atoms with Gasteiger partial charge in [-0.1, -0.05) is 12.7 Å². The van der Waals surface area contributed by atoms with E-state index >= 15 is 0 Å². The molecule has 1 aliphatic heterocycles. The smallest absolute Gasteiger partial charge is 0.117 e. The second-order valence-corrected chi connectivity index (χ2v) is 3.36. The van der Waals surface area contributed by atoms with E-state index in [1.165, 1.54) is 0 Å². The Labute approximate surface area is 87.8 Å². The molecular weight excluding hydrogens is 190 g/mol. The normalized spacial score (nSPS) is 15.9. The summed E-state index contributed by atoms with van der Waals surface area (Å²) < 4.78 is 0. The van der Waals surface area contributed by atoms with E-state index in [0.717, 1.165) is 36.5 Å². The maximum absolute atomic E-state index is 7.09. The number of hydrogen-bond donors (Lipinski definition) is 3. The first kappa shape index (κ1) is 9.79. The minimum absolute atomic E-state index is 0.547. The van der Waals surface area contributed by atoms with Gasteiger partial charge in [-0.15, -0.1) is 0 Å². The summed E-state index contributed by atoms with van der Waals surface area (Å²) in [6.07, 6.45) is 4.25. The van der Waals surface area contributed by atoms with Crippen molar-refractivity contribution in [3.63, 3.8) is 0 Å². The van der Waals surface area contributed by atoms with E-state index in [9.17, 15) is 0 Å². The van der Waals surface area contributed by atoms with Crippen molar-refractivity contribution < 1.29 is 0 Å². The zero-order valence-corrected chi connectivity index (χ0v) is 8.38. The number of allylic oxidation sites excluding steroid dienone is 2. The highest BCUT2D eigenvalue weighted by molar-refractivity contribution is 5.65. The Bertz CT molecular complexity index is 415. The topological polar surface area (TPSA) is 76.9 Å². The molecule has 2 rings (SSSR count). The van der Waals surface area contributed by atoms with Crippen LogP contribution in [0.25, 0.3) is 5.70 Å². The zero-order valence-electron chi connectivity index (χ0n) is 8.38. The lowest BCUT2D eigenvalue weighted by Gasteiger charge is -2.12. The molecule has 0 amide bonds. The predicted molar refractivity (Wildman–Crippen MR) is 57.3 cm³/mol. The highest BCUT2D eigenvalue weighted by atomic mass is 15.2. The molecular formula is C10H13N5. The number of nitrogens with one attached hydrogen (secondary N) is 3. The maximum atomic E-state index is 7.09. The zero-order chi connectivity index (χ0) is 10.7. The molecule has 5 heteroatoms. The average molecular weight is 203 g/mol. The first-order valence-corrected chi connectivity index (χ1v) is 4.84. The number of aromatic amines is 1. The monoisotopic (exact) mass is 203 g/mol. The van der Waals surface area contributed by atoms with E-state index in [1.54, 1.807) is 12.2 Å². The molecule has 0 unspecified atom stereocenters. The van der Waals surface area contributed by atoms with Crippen molar-refractivity contribution in [3.05, 3.63) is 35.7 Å². The highest BCUT2D eigenvalue weighted by Gasteiger charge is 2.18. The molecule has 0 aliphatic carbocycles. The fraction of sp³-hybridized carbons (Fsp3) is 0.300. The van der Waals surface area contributed by atoms with Gasteiger partial charge in [-0.2, -0.15) is 10.2 Å². The van der Waals surface area contributed by atoms with Gasteiger partial charge in [0.25, 0.3) is 0 Å². The average Bonchev–Trinajstić information content (AvgIpc) is 2.70. The van der Waals surface area contributed by atoms with Gasteiger partial charge in [0.1, 0.15) is 11.4 Å². The first-order chi connectivity index (χ1) is 7.36. The molecule has 5 nitrogen and oxygen atoms in total. The maximum Gasteiger partial charge on any atom is 0.117 e. The molecule has 1 aliphatic rings. The molecule has 1 aromatic rings. The Morgan fingerprint density at radius 2 is 2.47 bits per heavy atom. The molecule has 0 radical (unpaired) electrons. The van der Waals surface area contributed by atoms with Gasteiger partial charge in [-0.3, -0.25) is 5.10 Å². The number of aromatic nitrogens is 2. The molecule has 0 spiro atoms. The fourth-order valence-corrected chi connectivity index (χ4v) is 1.72. The van der Waals surface area contributed by atoms with E-state index in [-0.39, 0.29) is 0 Å². The van der Waals surface area contributed by atoms with Gasteiger partial charge in [-0.05, 0) is 6.08 Å². The van der Waals surface area contributed by atoms with Crippen molar-refractivity contribution in [2.45, 2.75) is 13.0 Å². The molecule has 3 N–H and O–H groups in total. The lowest BCUT2D eigenvalue weighted by molar-refractivity contribution is 0.636. The van der Waals surface area contributed by atoms with Crippen molar-refractivity contribution in [1.29, 1.82) is 5.53 Å².